The average molecular weight is 406 g/mol. The minimum Gasteiger partial charge on any atom is -0.491 e. The fraction of sp³-hybridized carbons (Fsp3) is 0.350. The molecule has 0 spiro atoms. The number of carbonyl (C=O) groups is 1. The third-order valence-corrected chi connectivity index (χ3v) is 4.17. The fourth-order valence-corrected chi connectivity index (χ4v) is 2.77. The SMILES string of the molecule is CCc1ccc(OCC(=O)NCc2ccc(OC(C)C)cc2)c(Br)c1. The monoisotopic (exact) mass is 405 g/mol. The lowest BCUT2D eigenvalue weighted by Crippen LogP contribution is -2.28. The molecule has 2 aromatic rings. The van der Waals surface area contributed by atoms with Crippen LogP contribution < -0.4 is 14.8 Å². The molecule has 0 unspecified atom stereocenters. The maximum absolute atomic E-state index is 12.0. The van der Waals surface area contributed by atoms with Gasteiger partial charge < -0.3 is 14.8 Å². The van der Waals surface area contributed by atoms with E-state index in [1.54, 1.807) is 0 Å². The Morgan fingerprint density at radius 2 is 1.80 bits per heavy atom. The largest absolute Gasteiger partial charge is 0.491 e. The molecule has 25 heavy (non-hydrogen) atoms. The predicted molar refractivity (Wildman–Crippen MR) is 103 cm³/mol. The zero-order valence-corrected chi connectivity index (χ0v) is 16.4. The van der Waals surface area contributed by atoms with Gasteiger partial charge in [-0.25, -0.2) is 0 Å². The van der Waals surface area contributed by atoms with Gasteiger partial charge in [0.1, 0.15) is 11.5 Å². The van der Waals surface area contributed by atoms with Crippen LogP contribution in [-0.2, 0) is 17.8 Å². The lowest BCUT2D eigenvalue weighted by Gasteiger charge is -2.11. The van der Waals surface area contributed by atoms with Gasteiger partial charge >= 0.3 is 0 Å². The number of amides is 1. The molecule has 2 rings (SSSR count). The Balaban J connectivity index is 1.79. The summed E-state index contributed by atoms with van der Waals surface area (Å²) in [6, 6.07) is 13.6. The van der Waals surface area contributed by atoms with E-state index in [1.807, 2.05) is 56.3 Å². The van der Waals surface area contributed by atoms with Crippen LogP contribution in [0.1, 0.15) is 31.9 Å². The Kier molecular flexibility index (Phi) is 7.31. The smallest absolute Gasteiger partial charge is 0.258 e. The van der Waals surface area contributed by atoms with Gasteiger partial charge in [-0.1, -0.05) is 25.1 Å². The summed E-state index contributed by atoms with van der Waals surface area (Å²) < 4.78 is 12.0. The van der Waals surface area contributed by atoms with E-state index in [2.05, 4.69) is 28.2 Å². The molecule has 0 bridgehead atoms. The summed E-state index contributed by atoms with van der Waals surface area (Å²) >= 11 is 3.47. The van der Waals surface area contributed by atoms with E-state index >= 15 is 0 Å². The molecule has 0 saturated heterocycles. The topological polar surface area (TPSA) is 47.6 Å². The maximum atomic E-state index is 12.0. The molecule has 0 heterocycles. The van der Waals surface area contributed by atoms with Crippen LogP contribution in [0, 0.1) is 0 Å². The number of benzene rings is 2. The van der Waals surface area contributed by atoms with Crippen molar-refractivity contribution in [1.82, 2.24) is 5.32 Å². The third-order valence-electron chi connectivity index (χ3n) is 3.55. The minimum absolute atomic E-state index is 0.0153. The third kappa shape index (κ3) is 6.42. The van der Waals surface area contributed by atoms with Crippen LogP contribution in [0.5, 0.6) is 11.5 Å². The summed E-state index contributed by atoms with van der Waals surface area (Å²) in [7, 11) is 0. The first-order valence-electron chi connectivity index (χ1n) is 8.41. The van der Waals surface area contributed by atoms with Crippen LogP contribution in [0.4, 0.5) is 0 Å². The second-order valence-electron chi connectivity index (χ2n) is 5.99. The number of halogens is 1. The first-order chi connectivity index (χ1) is 12.0. The molecule has 134 valence electrons. The second kappa shape index (κ2) is 9.47. The highest BCUT2D eigenvalue weighted by Gasteiger charge is 2.07. The number of ether oxygens (including phenoxy) is 2. The molecule has 0 aliphatic carbocycles. The summed E-state index contributed by atoms with van der Waals surface area (Å²) in [5, 5.41) is 2.85. The molecule has 0 aliphatic rings. The van der Waals surface area contributed by atoms with Gasteiger partial charge in [0.2, 0.25) is 0 Å². The van der Waals surface area contributed by atoms with Crippen LogP contribution >= 0.6 is 15.9 Å². The Labute approximate surface area is 157 Å². The molecule has 5 heteroatoms. The first kappa shape index (κ1) is 19.3. The van der Waals surface area contributed by atoms with Crippen molar-refractivity contribution in [3.05, 3.63) is 58.1 Å². The molecule has 4 nitrogen and oxygen atoms in total. The fourth-order valence-electron chi connectivity index (χ4n) is 2.23. The van der Waals surface area contributed by atoms with E-state index in [4.69, 9.17) is 9.47 Å². The number of carbonyl (C=O) groups excluding carboxylic acids is 1. The van der Waals surface area contributed by atoms with E-state index in [1.165, 1.54) is 5.56 Å². The lowest BCUT2D eigenvalue weighted by molar-refractivity contribution is -0.123. The lowest BCUT2D eigenvalue weighted by atomic mass is 10.2. The van der Waals surface area contributed by atoms with E-state index in [0.29, 0.717) is 12.3 Å². The standard InChI is InChI=1S/C20H24BrNO3/c1-4-15-7-10-19(18(21)11-15)24-13-20(23)22-12-16-5-8-17(9-6-16)25-14(2)3/h5-11,14H,4,12-13H2,1-3H3,(H,22,23). The average Bonchev–Trinajstić information content (AvgIpc) is 2.59. The zero-order valence-electron chi connectivity index (χ0n) is 14.8. The van der Waals surface area contributed by atoms with E-state index in [9.17, 15) is 4.79 Å². The number of hydrogen-bond acceptors (Lipinski definition) is 3. The van der Waals surface area contributed by atoms with Crippen molar-refractivity contribution in [2.24, 2.45) is 0 Å². The van der Waals surface area contributed by atoms with Crippen molar-refractivity contribution in [2.45, 2.75) is 39.8 Å². The van der Waals surface area contributed by atoms with Gasteiger partial charge in [0.15, 0.2) is 6.61 Å². The number of nitrogens with one attached hydrogen (secondary N) is 1. The number of hydrogen-bond donors (Lipinski definition) is 1. The number of aryl methyl sites for hydroxylation is 1. The Hall–Kier alpha value is -2.01. The molecule has 0 fully saturated rings. The van der Waals surface area contributed by atoms with Gasteiger partial charge in [-0.05, 0) is 71.6 Å². The van der Waals surface area contributed by atoms with Crippen molar-refractivity contribution < 1.29 is 14.3 Å². The predicted octanol–water partition coefficient (Wildman–Crippen LogP) is 4.49. The molecule has 0 saturated carbocycles. The van der Waals surface area contributed by atoms with E-state index in [-0.39, 0.29) is 18.6 Å². The molecule has 0 atom stereocenters. The Bertz CT molecular complexity index is 699. The van der Waals surface area contributed by atoms with Crippen molar-refractivity contribution in [3.8, 4) is 11.5 Å². The van der Waals surface area contributed by atoms with Gasteiger partial charge in [0.05, 0.1) is 10.6 Å². The molecule has 1 N–H and O–H groups in total. The molecular formula is C20H24BrNO3. The Morgan fingerprint density at radius 1 is 1.12 bits per heavy atom. The summed E-state index contributed by atoms with van der Waals surface area (Å²) in [5.74, 6) is 1.34. The van der Waals surface area contributed by atoms with E-state index in [0.717, 1.165) is 22.2 Å². The molecule has 0 aliphatic heterocycles. The van der Waals surface area contributed by atoms with Gasteiger partial charge in [-0.15, -0.1) is 0 Å². The van der Waals surface area contributed by atoms with Gasteiger partial charge in [-0.2, -0.15) is 0 Å². The molecule has 2 aromatic carbocycles. The summed E-state index contributed by atoms with van der Waals surface area (Å²) in [6.45, 7) is 6.51. The summed E-state index contributed by atoms with van der Waals surface area (Å²) in [6.07, 6.45) is 1.11. The highest BCUT2D eigenvalue weighted by molar-refractivity contribution is 9.10. The molecular weight excluding hydrogens is 382 g/mol. The van der Waals surface area contributed by atoms with Crippen molar-refractivity contribution in [3.63, 3.8) is 0 Å². The highest BCUT2D eigenvalue weighted by atomic mass is 79.9. The van der Waals surface area contributed by atoms with E-state index < -0.39 is 0 Å². The summed E-state index contributed by atoms with van der Waals surface area (Å²) in [5.41, 5.74) is 2.23. The van der Waals surface area contributed by atoms with Crippen LogP contribution in [0.3, 0.4) is 0 Å². The number of rotatable bonds is 8. The quantitative estimate of drug-likeness (QED) is 0.703. The summed E-state index contributed by atoms with van der Waals surface area (Å²) in [4.78, 5) is 12.0. The van der Waals surface area contributed by atoms with Crippen molar-refractivity contribution >= 4 is 21.8 Å². The second-order valence-corrected chi connectivity index (χ2v) is 6.85. The zero-order chi connectivity index (χ0) is 18.2. The van der Waals surface area contributed by atoms with Gasteiger partial charge in [0.25, 0.3) is 5.91 Å². The van der Waals surface area contributed by atoms with Crippen LogP contribution in [0.25, 0.3) is 0 Å². The van der Waals surface area contributed by atoms with Crippen molar-refractivity contribution in [2.75, 3.05) is 6.61 Å². The maximum Gasteiger partial charge on any atom is 0.258 e. The Morgan fingerprint density at radius 3 is 2.40 bits per heavy atom. The van der Waals surface area contributed by atoms with Crippen LogP contribution in [0.2, 0.25) is 0 Å². The molecule has 1 amide bonds. The first-order valence-corrected chi connectivity index (χ1v) is 9.20. The van der Waals surface area contributed by atoms with Crippen LogP contribution in [-0.4, -0.2) is 18.6 Å². The normalized spacial score (nSPS) is 10.6. The molecule has 0 radical (unpaired) electrons. The highest BCUT2D eigenvalue weighted by Crippen LogP contribution is 2.26. The van der Waals surface area contributed by atoms with Crippen molar-refractivity contribution in [1.29, 1.82) is 0 Å². The van der Waals surface area contributed by atoms with Crippen LogP contribution in [0.15, 0.2) is 46.9 Å². The van der Waals surface area contributed by atoms with Gasteiger partial charge in [0, 0.05) is 6.54 Å². The minimum atomic E-state index is -0.158. The molecule has 0 aromatic heterocycles. The van der Waals surface area contributed by atoms with Gasteiger partial charge in [-0.3, -0.25) is 4.79 Å².